The molecule has 2 heterocycles. The summed E-state index contributed by atoms with van der Waals surface area (Å²) in [5.41, 5.74) is 4.01. The number of ether oxygens (including phenoxy) is 1. The second-order valence-corrected chi connectivity index (χ2v) is 9.07. The monoisotopic (exact) mass is 427 g/mol. The van der Waals surface area contributed by atoms with Crippen molar-refractivity contribution in [2.75, 3.05) is 58.7 Å². The van der Waals surface area contributed by atoms with Gasteiger partial charge in [-0.1, -0.05) is 18.2 Å². The lowest BCUT2D eigenvalue weighted by molar-refractivity contribution is 0.108. The topological polar surface area (TPSA) is 39.2 Å². The number of thioether (sulfide) groups is 1. The molecule has 0 aliphatic carbocycles. The predicted octanol–water partition coefficient (Wildman–Crippen LogP) is 2.91. The molecule has 2 aromatic rings. The molecule has 2 aromatic carbocycles. The molecule has 6 heteroatoms. The van der Waals surface area contributed by atoms with Crippen molar-refractivity contribution in [3.8, 4) is 5.75 Å². The number of benzene rings is 2. The van der Waals surface area contributed by atoms with Gasteiger partial charge in [-0.3, -0.25) is 14.7 Å². The fourth-order valence-corrected chi connectivity index (χ4v) is 4.70. The number of rotatable bonds is 7. The highest BCUT2D eigenvalue weighted by Crippen LogP contribution is 2.26. The molecule has 4 rings (SSSR count). The summed E-state index contributed by atoms with van der Waals surface area (Å²) >= 11 is 1.78. The van der Waals surface area contributed by atoms with Gasteiger partial charge in [0, 0.05) is 69.4 Å². The van der Waals surface area contributed by atoms with Gasteiger partial charge in [0.05, 0.1) is 6.61 Å². The Morgan fingerprint density at radius 3 is 2.30 bits per heavy atom. The fourth-order valence-electron chi connectivity index (χ4n) is 4.29. The van der Waals surface area contributed by atoms with E-state index in [4.69, 9.17) is 9.84 Å². The molecule has 0 saturated carbocycles. The van der Waals surface area contributed by atoms with E-state index in [0.29, 0.717) is 0 Å². The average molecular weight is 428 g/mol. The molecule has 0 atom stereocenters. The molecule has 0 unspecified atom stereocenters. The third kappa shape index (κ3) is 5.77. The van der Waals surface area contributed by atoms with Gasteiger partial charge in [-0.25, -0.2) is 0 Å². The largest absolute Gasteiger partial charge is 0.492 e. The first-order valence-electron chi connectivity index (χ1n) is 10.9. The van der Waals surface area contributed by atoms with Gasteiger partial charge in [0.1, 0.15) is 12.4 Å². The van der Waals surface area contributed by atoms with E-state index >= 15 is 0 Å². The molecule has 0 spiro atoms. The van der Waals surface area contributed by atoms with Gasteiger partial charge in [0.2, 0.25) is 0 Å². The first-order valence-corrected chi connectivity index (χ1v) is 12.1. The molecule has 1 fully saturated rings. The lowest BCUT2D eigenvalue weighted by Gasteiger charge is -2.34. The summed E-state index contributed by atoms with van der Waals surface area (Å²) in [6.07, 6.45) is 2.12. The smallest absolute Gasteiger partial charge is 0.123 e. The molecule has 2 aliphatic heterocycles. The van der Waals surface area contributed by atoms with Crippen LogP contribution < -0.4 is 4.74 Å². The van der Waals surface area contributed by atoms with Gasteiger partial charge in [-0.2, -0.15) is 0 Å². The molecular formula is C24H33N3O2S. The van der Waals surface area contributed by atoms with Crippen LogP contribution in [0.4, 0.5) is 0 Å². The zero-order chi connectivity index (χ0) is 20.8. The molecule has 5 nitrogen and oxygen atoms in total. The number of aliphatic hydroxyl groups excluding tert-OH is 1. The predicted molar refractivity (Wildman–Crippen MR) is 123 cm³/mol. The Morgan fingerprint density at radius 2 is 1.57 bits per heavy atom. The maximum Gasteiger partial charge on any atom is 0.123 e. The van der Waals surface area contributed by atoms with Crippen LogP contribution in [0.3, 0.4) is 0 Å². The van der Waals surface area contributed by atoms with Gasteiger partial charge in [0.25, 0.3) is 0 Å². The number of hydrogen-bond donors (Lipinski definition) is 1. The normalized spacial score (nSPS) is 18.6. The highest BCUT2D eigenvalue weighted by atomic mass is 32.2. The van der Waals surface area contributed by atoms with Crippen molar-refractivity contribution in [3.63, 3.8) is 0 Å². The number of β-amino-alcohol motifs (C(OH)–C–C–N with tert-alkyl or cyclic N) is 1. The maximum absolute atomic E-state index is 9.12. The summed E-state index contributed by atoms with van der Waals surface area (Å²) in [6.45, 7) is 9.79. The van der Waals surface area contributed by atoms with E-state index in [9.17, 15) is 0 Å². The molecule has 0 aromatic heterocycles. The van der Waals surface area contributed by atoms with Crippen LogP contribution in [0.15, 0.2) is 47.4 Å². The van der Waals surface area contributed by atoms with E-state index in [1.807, 2.05) is 0 Å². The summed E-state index contributed by atoms with van der Waals surface area (Å²) in [5.74, 6) is 1.03. The van der Waals surface area contributed by atoms with E-state index in [1.54, 1.807) is 11.8 Å². The molecule has 0 radical (unpaired) electrons. The molecular weight excluding hydrogens is 394 g/mol. The summed E-state index contributed by atoms with van der Waals surface area (Å²) in [6, 6.07) is 15.6. The quantitative estimate of drug-likeness (QED) is 0.685. The van der Waals surface area contributed by atoms with Crippen LogP contribution in [-0.4, -0.2) is 78.5 Å². The van der Waals surface area contributed by atoms with Crippen LogP contribution in [0, 0.1) is 0 Å². The van der Waals surface area contributed by atoms with Gasteiger partial charge in [0.15, 0.2) is 0 Å². The summed E-state index contributed by atoms with van der Waals surface area (Å²) in [5, 5.41) is 9.12. The van der Waals surface area contributed by atoms with E-state index in [-0.39, 0.29) is 6.61 Å². The Labute approximate surface area is 184 Å². The lowest BCUT2D eigenvalue weighted by atomic mass is 10.1. The number of nitrogens with zero attached hydrogens (tertiary/aromatic N) is 3. The Hall–Kier alpha value is -1.57. The van der Waals surface area contributed by atoms with Gasteiger partial charge < -0.3 is 9.84 Å². The van der Waals surface area contributed by atoms with Crippen molar-refractivity contribution in [1.29, 1.82) is 0 Å². The van der Waals surface area contributed by atoms with Crippen LogP contribution in [0.1, 0.15) is 16.7 Å². The Balaban J connectivity index is 1.37. The Kier molecular flexibility index (Phi) is 7.68. The molecule has 0 bridgehead atoms. The van der Waals surface area contributed by atoms with E-state index in [1.165, 1.54) is 21.6 Å². The fraction of sp³-hybridized carbons (Fsp3) is 0.500. The third-order valence-electron chi connectivity index (χ3n) is 6.04. The van der Waals surface area contributed by atoms with Crippen molar-refractivity contribution < 1.29 is 9.84 Å². The molecule has 2 aliphatic rings. The highest BCUT2D eigenvalue weighted by Gasteiger charge is 2.19. The van der Waals surface area contributed by atoms with Crippen molar-refractivity contribution in [1.82, 2.24) is 14.7 Å². The summed E-state index contributed by atoms with van der Waals surface area (Å²) < 4.78 is 6.05. The van der Waals surface area contributed by atoms with Crippen molar-refractivity contribution >= 4 is 11.8 Å². The minimum absolute atomic E-state index is 0.253. The zero-order valence-corrected chi connectivity index (χ0v) is 18.7. The maximum atomic E-state index is 9.12. The number of hydrogen-bond acceptors (Lipinski definition) is 6. The number of fused-ring (bicyclic) bond motifs is 1. The van der Waals surface area contributed by atoms with Crippen LogP contribution >= 0.6 is 11.8 Å². The van der Waals surface area contributed by atoms with Crippen LogP contribution in [0.5, 0.6) is 5.75 Å². The van der Waals surface area contributed by atoms with Gasteiger partial charge in [-0.15, -0.1) is 11.8 Å². The van der Waals surface area contributed by atoms with Crippen LogP contribution in [0.2, 0.25) is 0 Å². The first-order chi connectivity index (χ1) is 14.7. The molecule has 0 amide bonds. The summed E-state index contributed by atoms with van der Waals surface area (Å²) in [7, 11) is 0. The first kappa shape index (κ1) is 21.7. The number of piperazine rings is 1. The van der Waals surface area contributed by atoms with Crippen molar-refractivity contribution in [2.45, 2.75) is 24.5 Å². The summed E-state index contributed by atoms with van der Waals surface area (Å²) in [4.78, 5) is 8.64. The molecule has 1 saturated heterocycles. The third-order valence-corrected chi connectivity index (χ3v) is 6.78. The zero-order valence-electron chi connectivity index (χ0n) is 17.9. The van der Waals surface area contributed by atoms with E-state index in [2.05, 4.69) is 63.4 Å². The van der Waals surface area contributed by atoms with Crippen molar-refractivity contribution in [2.24, 2.45) is 0 Å². The molecule has 1 N–H and O–H groups in total. The highest BCUT2D eigenvalue weighted by molar-refractivity contribution is 7.98. The molecule has 30 heavy (non-hydrogen) atoms. The minimum atomic E-state index is 0.253. The lowest BCUT2D eigenvalue weighted by Crippen LogP contribution is -2.46. The minimum Gasteiger partial charge on any atom is -0.492 e. The van der Waals surface area contributed by atoms with Crippen LogP contribution in [0.25, 0.3) is 0 Å². The van der Waals surface area contributed by atoms with E-state index in [0.717, 1.165) is 71.3 Å². The Morgan fingerprint density at radius 1 is 0.867 bits per heavy atom. The Bertz CT molecular complexity index is 807. The second kappa shape index (κ2) is 10.6. The van der Waals surface area contributed by atoms with Gasteiger partial charge >= 0.3 is 0 Å². The van der Waals surface area contributed by atoms with E-state index < -0.39 is 0 Å². The van der Waals surface area contributed by atoms with Gasteiger partial charge in [-0.05, 0) is 41.6 Å². The molecule has 162 valence electrons. The SMILES string of the molecule is CSc1ccc(CN2CCOc3ccc(CN4CCN(CCO)CC4)cc3C2)cc1. The second-order valence-electron chi connectivity index (χ2n) is 8.19. The number of aliphatic hydroxyl groups is 1. The van der Waals surface area contributed by atoms with Crippen molar-refractivity contribution in [3.05, 3.63) is 59.2 Å². The van der Waals surface area contributed by atoms with Crippen LogP contribution in [-0.2, 0) is 19.6 Å². The average Bonchev–Trinajstić information content (AvgIpc) is 2.97. The standard InChI is InChI=1S/C24H33N3O2S/c1-30-23-5-2-20(3-6-23)17-27-13-15-29-24-7-4-21(16-22(24)19-27)18-26-10-8-25(9-11-26)12-14-28/h2-7,16,28H,8-15,17-19H2,1H3.